The molecule has 7 nitrogen and oxygen atoms in total. The summed E-state index contributed by atoms with van der Waals surface area (Å²) >= 11 is 0. The monoisotopic (exact) mass is 698 g/mol. The van der Waals surface area contributed by atoms with Crippen molar-refractivity contribution in [1.82, 2.24) is 0 Å². The molecule has 4 aliphatic carbocycles. The van der Waals surface area contributed by atoms with Crippen LogP contribution in [0.2, 0.25) is 0 Å². The molecule has 0 amide bonds. The average Bonchev–Trinajstić information content (AvgIpc) is 3.53. The van der Waals surface area contributed by atoms with E-state index in [4.69, 9.17) is 18.9 Å². The van der Waals surface area contributed by atoms with Crippen molar-refractivity contribution in [2.24, 2.45) is 40.4 Å². The lowest BCUT2D eigenvalue weighted by atomic mass is 9.47. The van der Waals surface area contributed by atoms with Gasteiger partial charge in [0.15, 0.2) is 21.9 Å². The van der Waals surface area contributed by atoms with Crippen molar-refractivity contribution < 1.29 is 32.5 Å². The van der Waals surface area contributed by atoms with E-state index >= 15 is 0 Å². The largest absolute Gasteiger partial charge is 0.389 e. The Hall–Kier alpha value is -1.29. The number of hydrogen-bond acceptors (Lipinski definition) is 7. The number of rotatable bonds is 8. The lowest BCUT2D eigenvalue weighted by molar-refractivity contribution is -0.195. The fourth-order valence-electron chi connectivity index (χ4n) is 12.3. The third-order valence-electron chi connectivity index (χ3n) is 14.4. The number of aliphatic hydroxyl groups excluding tert-OH is 1. The van der Waals surface area contributed by atoms with Gasteiger partial charge in [-0.25, -0.2) is 8.42 Å². The summed E-state index contributed by atoms with van der Waals surface area (Å²) in [5.41, 5.74) is 0.970. The van der Waals surface area contributed by atoms with Crippen molar-refractivity contribution in [3.8, 4) is 0 Å². The van der Waals surface area contributed by atoms with Gasteiger partial charge in [0.2, 0.25) is 0 Å². The molecule has 0 bridgehead atoms. The van der Waals surface area contributed by atoms with Crippen molar-refractivity contribution >= 4 is 9.84 Å². The van der Waals surface area contributed by atoms with Crippen molar-refractivity contribution in [2.45, 2.75) is 165 Å². The second-order valence-corrected chi connectivity index (χ2v) is 20.2. The zero-order valence-corrected chi connectivity index (χ0v) is 31.8. The standard InChI is InChI=1S/C41H62O7S/c1-26(36(49(43,44)29-13-9-8-10-14-29)35(42)37-38(2,3)48-39(4,5)47-37)31-18-19-32-30-17-16-27-25-28(46-34-15-11-12-24-45-34)20-22-40(27,6)33(30)21-23-41(31,32)7/h8-10,13-14,16,26,28,30-37,42H,11-12,15,17-25H2,1-7H3/t26-,28-,30-,31+,32-,33-,34?,35?,36?,37+,40-,41+/m0/s1. The minimum atomic E-state index is -3.91. The number of fused-ring (bicyclic) bond motifs is 5. The summed E-state index contributed by atoms with van der Waals surface area (Å²) in [5, 5.41) is 11.2. The van der Waals surface area contributed by atoms with Crippen LogP contribution < -0.4 is 0 Å². The van der Waals surface area contributed by atoms with Gasteiger partial charge < -0.3 is 24.1 Å². The SMILES string of the molecule is C[C@H](C(C(O)[C@H]1OC(C)(C)OC1(C)C)S(=O)(=O)c1ccccc1)[C@H]1CC[C@H]2[C@@H]3CC=C4C[C@@H](OC5CCCCO5)CC[C@]4(C)[C@H]3CC[C@]12C. The van der Waals surface area contributed by atoms with Gasteiger partial charge in [-0.05, 0) is 151 Å². The maximum atomic E-state index is 14.7. The van der Waals surface area contributed by atoms with E-state index < -0.39 is 38.7 Å². The van der Waals surface area contributed by atoms with Crippen LogP contribution in [-0.4, -0.2) is 61.4 Å². The molecule has 2 saturated heterocycles. The molecule has 0 radical (unpaired) electrons. The fraction of sp³-hybridized carbons (Fsp3) is 0.805. The molecule has 0 spiro atoms. The van der Waals surface area contributed by atoms with Crippen LogP contribution >= 0.6 is 0 Å². The molecule has 6 aliphatic rings. The fourth-order valence-corrected chi connectivity index (χ4v) is 14.4. The molecule has 8 heteroatoms. The highest BCUT2D eigenvalue weighted by atomic mass is 32.2. The predicted molar refractivity (Wildman–Crippen MR) is 190 cm³/mol. The summed E-state index contributed by atoms with van der Waals surface area (Å²) in [6, 6.07) is 8.71. The number of aliphatic hydroxyl groups is 1. The summed E-state index contributed by atoms with van der Waals surface area (Å²) in [5.74, 6) is 0.775. The number of allylic oxidation sites excluding steroid dienone is 1. The van der Waals surface area contributed by atoms with E-state index in [1.807, 2.05) is 33.8 Å². The molecule has 12 atom stereocenters. The number of benzene rings is 1. The molecule has 7 rings (SSSR count). The molecule has 274 valence electrons. The Balaban J connectivity index is 1.14. The van der Waals surface area contributed by atoms with Crippen LogP contribution in [-0.2, 0) is 28.8 Å². The highest BCUT2D eigenvalue weighted by Gasteiger charge is 2.62. The van der Waals surface area contributed by atoms with Crippen LogP contribution in [0.25, 0.3) is 0 Å². The van der Waals surface area contributed by atoms with Gasteiger partial charge >= 0.3 is 0 Å². The Morgan fingerprint density at radius 2 is 1.67 bits per heavy atom. The maximum Gasteiger partial charge on any atom is 0.184 e. The van der Waals surface area contributed by atoms with Gasteiger partial charge in [0.05, 0.1) is 21.9 Å². The van der Waals surface area contributed by atoms with Gasteiger partial charge in [0.1, 0.15) is 12.2 Å². The quantitative estimate of drug-likeness (QED) is 0.274. The molecule has 2 aliphatic heterocycles. The molecular formula is C41H62O7S. The third-order valence-corrected chi connectivity index (χ3v) is 16.8. The summed E-state index contributed by atoms with van der Waals surface area (Å²) in [4.78, 5) is 0.262. The van der Waals surface area contributed by atoms with Crippen LogP contribution in [0.5, 0.6) is 0 Å². The minimum Gasteiger partial charge on any atom is -0.389 e. The Bertz CT molecular complexity index is 1480. The van der Waals surface area contributed by atoms with Gasteiger partial charge in [-0.1, -0.05) is 50.6 Å². The molecule has 1 N–H and O–H groups in total. The Morgan fingerprint density at radius 1 is 0.918 bits per heavy atom. The maximum absolute atomic E-state index is 14.7. The molecule has 2 heterocycles. The summed E-state index contributed by atoms with van der Waals surface area (Å²) in [7, 11) is -3.91. The molecule has 0 aromatic heterocycles. The van der Waals surface area contributed by atoms with E-state index in [2.05, 4.69) is 26.8 Å². The zero-order valence-electron chi connectivity index (χ0n) is 31.0. The lowest BCUT2D eigenvalue weighted by Gasteiger charge is -2.59. The first-order valence-electron chi connectivity index (χ1n) is 19.4. The first kappa shape index (κ1) is 36.1. The Morgan fingerprint density at radius 3 is 2.35 bits per heavy atom. The van der Waals surface area contributed by atoms with E-state index in [1.165, 1.54) is 19.3 Å². The van der Waals surface area contributed by atoms with Crippen LogP contribution in [0.1, 0.15) is 119 Å². The molecule has 3 unspecified atom stereocenters. The smallest absolute Gasteiger partial charge is 0.184 e. The Kier molecular flexibility index (Phi) is 9.56. The Labute approximate surface area is 295 Å². The van der Waals surface area contributed by atoms with Crippen LogP contribution in [0, 0.1) is 40.4 Å². The summed E-state index contributed by atoms with van der Waals surface area (Å²) in [6.07, 6.45) is 12.9. The van der Waals surface area contributed by atoms with Gasteiger partial charge in [-0.3, -0.25) is 0 Å². The average molecular weight is 699 g/mol. The van der Waals surface area contributed by atoms with Gasteiger partial charge in [-0.2, -0.15) is 0 Å². The molecule has 1 aromatic rings. The normalized spacial score (nSPS) is 41.9. The van der Waals surface area contributed by atoms with E-state index in [1.54, 1.807) is 29.8 Å². The minimum absolute atomic E-state index is 0.00687. The number of ether oxygens (including phenoxy) is 4. The van der Waals surface area contributed by atoms with Crippen LogP contribution in [0.15, 0.2) is 46.9 Å². The second kappa shape index (κ2) is 13.0. The molecule has 5 fully saturated rings. The first-order valence-corrected chi connectivity index (χ1v) is 20.9. The van der Waals surface area contributed by atoms with Crippen molar-refractivity contribution in [2.75, 3.05) is 6.61 Å². The van der Waals surface area contributed by atoms with E-state index in [0.29, 0.717) is 17.8 Å². The predicted octanol–water partition coefficient (Wildman–Crippen LogP) is 8.25. The molecule has 3 saturated carbocycles. The molecule has 49 heavy (non-hydrogen) atoms. The van der Waals surface area contributed by atoms with Gasteiger partial charge in [-0.15, -0.1) is 0 Å². The molecular weight excluding hydrogens is 637 g/mol. The third kappa shape index (κ3) is 6.30. The first-order chi connectivity index (χ1) is 23.1. The van der Waals surface area contributed by atoms with E-state index in [9.17, 15) is 13.5 Å². The number of hydrogen-bond donors (Lipinski definition) is 1. The van der Waals surface area contributed by atoms with E-state index in [-0.39, 0.29) is 40.0 Å². The van der Waals surface area contributed by atoms with Crippen molar-refractivity contribution in [3.63, 3.8) is 0 Å². The van der Waals surface area contributed by atoms with Gasteiger partial charge in [0, 0.05) is 6.61 Å². The van der Waals surface area contributed by atoms with Crippen LogP contribution in [0.4, 0.5) is 0 Å². The molecule has 1 aromatic carbocycles. The van der Waals surface area contributed by atoms with Gasteiger partial charge in [0.25, 0.3) is 0 Å². The highest BCUT2D eigenvalue weighted by Crippen LogP contribution is 2.67. The summed E-state index contributed by atoms with van der Waals surface area (Å²) < 4.78 is 54.3. The highest BCUT2D eigenvalue weighted by molar-refractivity contribution is 7.92. The second-order valence-electron chi connectivity index (χ2n) is 18.1. The van der Waals surface area contributed by atoms with Crippen molar-refractivity contribution in [3.05, 3.63) is 42.0 Å². The number of sulfone groups is 1. The van der Waals surface area contributed by atoms with Crippen molar-refractivity contribution in [1.29, 1.82) is 0 Å². The van der Waals surface area contributed by atoms with E-state index in [0.717, 1.165) is 58.0 Å². The summed E-state index contributed by atoms with van der Waals surface area (Å²) in [6.45, 7) is 15.4. The lowest BCUT2D eigenvalue weighted by Crippen LogP contribution is -2.55. The van der Waals surface area contributed by atoms with Crippen LogP contribution in [0.3, 0.4) is 0 Å². The topological polar surface area (TPSA) is 91.3 Å². The zero-order chi connectivity index (χ0) is 35.0.